The predicted octanol–water partition coefficient (Wildman–Crippen LogP) is 3.09. The number of hydrogen-bond donors (Lipinski definition) is 1. The van der Waals surface area contributed by atoms with Crippen molar-refractivity contribution in [3.63, 3.8) is 0 Å². The number of thioether (sulfide) groups is 1. The molecule has 0 radical (unpaired) electrons. The monoisotopic (exact) mass is 264 g/mol. The highest BCUT2D eigenvalue weighted by molar-refractivity contribution is 7.98. The summed E-state index contributed by atoms with van der Waals surface area (Å²) >= 11 is 1.52. The van der Waals surface area contributed by atoms with Gasteiger partial charge >= 0.3 is 5.97 Å². The molecule has 0 saturated heterocycles. The molecule has 0 aliphatic heterocycles. The van der Waals surface area contributed by atoms with Crippen molar-refractivity contribution in [2.45, 2.75) is 24.2 Å². The highest BCUT2D eigenvalue weighted by atomic mass is 32.2. The Kier molecular flexibility index (Phi) is 4.07. The zero-order valence-electron chi connectivity index (χ0n) is 10.3. The average molecular weight is 264 g/mol. The zero-order valence-corrected chi connectivity index (χ0v) is 11.1. The summed E-state index contributed by atoms with van der Waals surface area (Å²) in [5.41, 5.74) is 0.670. The van der Waals surface area contributed by atoms with Crippen LogP contribution in [0.1, 0.15) is 29.6 Å². The lowest BCUT2D eigenvalue weighted by Gasteiger charge is -2.16. The molecule has 1 fully saturated rings. The van der Waals surface area contributed by atoms with Crippen molar-refractivity contribution in [2.75, 3.05) is 6.26 Å². The fraction of sp³-hybridized carbons (Fsp3) is 0.429. The van der Waals surface area contributed by atoms with E-state index < -0.39 is 11.9 Å². The highest BCUT2D eigenvalue weighted by Gasteiger charge is 2.38. The first-order valence-corrected chi connectivity index (χ1v) is 7.27. The van der Waals surface area contributed by atoms with Gasteiger partial charge in [-0.05, 0) is 25.2 Å². The fourth-order valence-corrected chi connectivity index (χ4v) is 3.22. The molecule has 2 rings (SSSR count). The minimum atomic E-state index is -0.840. The number of carbonyl (C=O) groups excluding carboxylic acids is 1. The maximum Gasteiger partial charge on any atom is 0.307 e. The van der Waals surface area contributed by atoms with Crippen molar-refractivity contribution in [1.82, 2.24) is 0 Å². The number of aliphatic carboxylic acids is 1. The molecular formula is C14H16O3S. The molecule has 1 aromatic rings. The van der Waals surface area contributed by atoms with Gasteiger partial charge in [-0.3, -0.25) is 9.59 Å². The van der Waals surface area contributed by atoms with Gasteiger partial charge in [0.1, 0.15) is 0 Å². The number of hydrogen-bond acceptors (Lipinski definition) is 3. The van der Waals surface area contributed by atoms with Crippen LogP contribution in [0.2, 0.25) is 0 Å². The number of carbonyl (C=O) groups is 2. The minimum Gasteiger partial charge on any atom is -0.481 e. The number of benzene rings is 1. The third kappa shape index (κ3) is 2.43. The van der Waals surface area contributed by atoms with Gasteiger partial charge in [-0.1, -0.05) is 24.6 Å². The van der Waals surface area contributed by atoms with Crippen molar-refractivity contribution in [3.8, 4) is 0 Å². The second-order valence-corrected chi connectivity index (χ2v) is 5.39. The van der Waals surface area contributed by atoms with Crippen LogP contribution in [-0.4, -0.2) is 23.1 Å². The van der Waals surface area contributed by atoms with Gasteiger partial charge in [-0.15, -0.1) is 11.8 Å². The predicted molar refractivity (Wildman–Crippen MR) is 71.0 cm³/mol. The molecule has 1 N–H and O–H groups in total. The molecule has 18 heavy (non-hydrogen) atoms. The molecule has 1 aliphatic rings. The first kappa shape index (κ1) is 13.1. The standard InChI is InChI=1S/C14H16O3S/c1-18-12-8-3-2-5-11(12)13(15)9-6-4-7-10(9)14(16)17/h2-3,5,8-10H,4,6-7H2,1H3,(H,16,17). The molecule has 0 amide bonds. The highest BCUT2D eigenvalue weighted by Crippen LogP contribution is 2.36. The SMILES string of the molecule is CSc1ccccc1C(=O)C1CCCC1C(=O)O. The van der Waals surface area contributed by atoms with Crippen LogP contribution in [0.3, 0.4) is 0 Å². The number of carboxylic acids is 1. The van der Waals surface area contributed by atoms with E-state index in [0.717, 1.165) is 11.3 Å². The summed E-state index contributed by atoms with van der Waals surface area (Å²) in [5.74, 6) is -1.71. The molecule has 0 bridgehead atoms. The molecule has 1 aromatic carbocycles. The molecule has 1 aliphatic carbocycles. The second-order valence-electron chi connectivity index (χ2n) is 4.55. The first-order chi connectivity index (χ1) is 8.65. The smallest absolute Gasteiger partial charge is 0.307 e. The maximum atomic E-state index is 12.5. The van der Waals surface area contributed by atoms with Crippen LogP contribution in [0.4, 0.5) is 0 Å². The molecule has 0 heterocycles. The number of Topliss-reactive ketones (excluding diaryl/α,β-unsaturated/α-hetero) is 1. The molecule has 96 valence electrons. The summed E-state index contributed by atoms with van der Waals surface area (Å²) in [6, 6.07) is 7.43. The van der Waals surface area contributed by atoms with Gasteiger partial charge in [0.25, 0.3) is 0 Å². The summed E-state index contributed by atoms with van der Waals surface area (Å²) in [7, 11) is 0. The summed E-state index contributed by atoms with van der Waals surface area (Å²) < 4.78 is 0. The molecule has 4 heteroatoms. The summed E-state index contributed by atoms with van der Waals surface area (Å²) in [6.45, 7) is 0. The van der Waals surface area contributed by atoms with Crippen LogP contribution >= 0.6 is 11.8 Å². The Bertz CT molecular complexity index is 470. The van der Waals surface area contributed by atoms with Crippen LogP contribution in [0.25, 0.3) is 0 Å². The van der Waals surface area contributed by atoms with Crippen LogP contribution in [0, 0.1) is 11.8 Å². The van der Waals surface area contributed by atoms with Gasteiger partial charge < -0.3 is 5.11 Å². The van der Waals surface area contributed by atoms with Crippen LogP contribution in [-0.2, 0) is 4.79 Å². The van der Waals surface area contributed by atoms with Gasteiger partial charge in [-0.25, -0.2) is 0 Å². The number of carboxylic acid groups (broad SMARTS) is 1. The van der Waals surface area contributed by atoms with Gasteiger partial charge in [-0.2, -0.15) is 0 Å². The second kappa shape index (κ2) is 5.57. The van der Waals surface area contributed by atoms with Crippen LogP contribution in [0.5, 0.6) is 0 Å². The number of rotatable bonds is 4. The minimum absolute atomic E-state index is 0.00940. The molecule has 0 aromatic heterocycles. The van der Waals surface area contributed by atoms with Crippen LogP contribution in [0.15, 0.2) is 29.2 Å². The van der Waals surface area contributed by atoms with Gasteiger partial charge in [0.2, 0.25) is 0 Å². The lowest BCUT2D eigenvalue weighted by molar-refractivity contribution is -0.142. The Balaban J connectivity index is 2.28. The van der Waals surface area contributed by atoms with Crippen LogP contribution < -0.4 is 0 Å². The Hall–Kier alpha value is -1.29. The van der Waals surface area contributed by atoms with Crippen molar-refractivity contribution in [2.24, 2.45) is 11.8 Å². The summed E-state index contributed by atoms with van der Waals surface area (Å²) in [4.78, 5) is 24.5. The van der Waals surface area contributed by atoms with E-state index >= 15 is 0 Å². The summed E-state index contributed by atoms with van der Waals surface area (Å²) in [5, 5.41) is 9.15. The van der Waals surface area contributed by atoms with Gasteiger partial charge in [0.05, 0.1) is 5.92 Å². The molecule has 0 spiro atoms. The van der Waals surface area contributed by atoms with E-state index in [2.05, 4.69) is 0 Å². The lowest BCUT2D eigenvalue weighted by atomic mass is 9.88. The molecule has 3 nitrogen and oxygen atoms in total. The van der Waals surface area contributed by atoms with Gasteiger partial charge in [0.15, 0.2) is 5.78 Å². The van der Waals surface area contributed by atoms with E-state index in [1.807, 2.05) is 24.5 Å². The average Bonchev–Trinajstić information content (AvgIpc) is 2.87. The molecule has 2 atom stereocenters. The van der Waals surface area contributed by atoms with E-state index in [1.54, 1.807) is 6.07 Å². The molecular weight excluding hydrogens is 248 g/mol. The Morgan fingerprint density at radius 1 is 1.22 bits per heavy atom. The third-order valence-corrected chi connectivity index (χ3v) is 4.34. The number of ketones is 1. The fourth-order valence-electron chi connectivity index (χ4n) is 2.62. The maximum absolute atomic E-state index is 12.5. The van der Waals surface area contributed by atoms with E-state index in [-0.39, 0.29) is 11.7 Å². The van der Waals surface area contributed by atoms with Crippen molar-refractivity contribution >= 4 is 23.5 Å². The third-order valence-electron chi connectivity index (χ3n) is 3.54. The normalized spacial score (nSPS) is 22.9. The molecule has 1 saturated carbocycles. The Morgan fingerprint density at radius 2 is 1.89 bits per heavy atom. The van der Waals surface area contributed by atoms with E-state index in [1.165, 1.54) is 11.8 Å². The quantitative estimate of drug-likeness (QED) is 0.670. The lowest BCUT2D eigenvalue weighted by Crippen LogP contribution is -2.25. The van der Waals surface area contributed by atoms with E-state index in [4.69, 9.17) is 5.11 Å². The van der Waals surface area contributed by atoms with Gasteiger partial charge in [0, 0.05) is 16.4 Å². The zero-order chi connectivity index (χ0) is 13.1. The Morgan fingerprint density at radius 3 is 2.56 bits per heavy atom. The topological polar surface area (TPSA) is 54.4 Å². The Labute approximate surface area is 111 Å². The van der Waals surface area contributed by atoms with E-state index in [0.29, 0.717) is 18.4 Å². The largest absolute Gasteiger partial charge is 0.481 e. The van der Waals surface area contributed by atoms with E-state index in [9.17, 15) is 9.59 Å². The summed E-state index contributed by atoms with van der Waals surface area (Å²) in [6.07, 6.45) is 4.07. The van der Waals surface area contributed by atoms with Crippen molar-refractivity contribution in [1.29, 1.82) is 0 Å². The van der Waals surface area contributed by atoms with Crippen molar-refractivity contribution in [3.05, 3.63) is 29.8 Å². The molecule has 2 unspecified atom stereocenters. The first-order valence-electron chi connectivity index (χ1n) is 6.05. The van der Waals surface area contributed by atoms with Crippen molar-refractivity contribution < 1.29 is 14.7 Å².